The van der Waals surface area contributed by atoms with Crippen LogP contribution in [0, 0.1) is 24.5 Å². The largest absolute Gasteiger partial charge is 0.454 e. The molecular formula is C25H29F2NO3. The molecule has 0 spiro atoms. The number of ketones is 1. The fraction of sp³-hybridized carbons (Fsp3) is 0.440. The van der Waals surface area contributed by atoms with Gasteiger partial charge in [0.15, 0.2) is 11.6 Å². The van der Waals surface area contributed by atoms with Gasteiger partial charge in [-0.15, -0.1) is 0 Å². The van der Waals surface area contributed by atoms with Gasteiger partial charge in [0.2, 0.25) is 6.41 Å². The van der Waals surface area contributed by atoms with E-state index in [0.29, 0.717) is 36.8 Å². The number of hydrogen-bond donors (Lipinski definition) is 0. The van der Waals surface area contributed by atoms with E-state index in [0.717, 1.165) is 68.3 Å². The van der Waals surface area contributed by atoms with Gasteiger partial charge in [-0.3, -0.25) is 9.59 Å². The Kier molecular flexibility index (Phi) is 8.15. The molecule has 1 aliphatic rings. The van der Waals surface area contributed by atoms with Crippen LogP contribution in [0.1, 0.15) is 49.7 Å². The van der Waals surface area contributed by atoms with Crippen LogP contribution in [0.15, 0.2) is 36.4 Å². The van der Waals surface area contributed by atoms with Crippen molar-refractivity contribution in [3.8, 4) is 11.5 Å². The zero-order valence-corrected chi connectivity index (χ0v) is 17.9. The first kappa shape index (κ1) is 22.9. The van der Waals surface area contributed by atoms with E-state index in [9.17, 15) is 18.4 Å². The number of Topliss-reactive ketones (excluding diaryl/α,β-unsaturated/α-hetero) is 1. The van der Waals surface area contributed by atoms with Crippen molar-refractivity contribution >= 4 is 12.2 Å². The van der Waals surface area contributed by atoms with Crippen molar-refractivity contribution in [3.63, 3.8) is 0 Å². The smallest absolute Gasteiger partial charge is 0.209 e. The molecule has 0 saturated heterocycles. The molecule has 166 valence electrons. The predicted molar refractivity (Wildman–Crippen MR) is 115 cm³/mol. The molecule has 1 saturated carbocycles. The molecule has 0 bridgehead atoms. The highest BCUT2D eigenvalue weighted by molar-refractivity contribution is 5.79. The maximum absolute atomic E-state index is 13.8. The average Bonchev–Trinajstić information content (AvgIpc) is 2.75. The minimum atomic E-state index is -0.740. The molecule has 4 nitrogen and oxygen atoms in total. The molecule has 0 N–H and O–H groups in total. The predicted octanol–water partition coefficient (Wildman–Crippen LogP) is 5.61. The number of benzene rings is 2. The molecule has 2 aromatic carbocycles. The van der Waals surface area contributed by atoms with E-state index in [1.807, 2.05) is 24.0 Å². The first-order valence-electron chi connectivity index (χ1n) is 10.9. The highest BCUT2D eigenvalue weighted by Crippen LogP contribution is 2.27. The van der Waals surface area contributed by atoms with Crippen LogP contribution < -0.4 is 4.74 Å². The number of carbonyl (C=O) groups excluding carboxylic acids is 2. The summed E-state index contributed by atoms with van der Waals surface area (Å²) >= 11 is 0. The quantitative estimate of drug-likeness (QED) is 0.462. The third kappa shape index (κ3) is 6.88. The molecule has 0 unspecified atom stereocenters. The second-order valence-electron chi connectivity index (χ2n) is 8.28. The summed E-state index contributed by atoms with van der Waals surface area (Å²) in [7, 11) is 0. The molecular weight excluding hydrogens is 400 g/mol. The summed E-state index contributed by atoms with van der Waals surface area (Å²) in [5, 5.41) is 0. The Morgan fingerprint density at radius 3 is 2.55 bits per heavy atom. The van der Waals surface area contributed by atoms with Crippen LogP contribution >= 0.6 is 0 Å². The van der Waals surface area contributed by atoms with E-state index in [1.165, 1.54) is 6.07 Å². The number of ether oxygens (including phenoxy) is 1. The van der Waals surface area contributed by atoms with Crippen LogP contribution in [-0.4, -0.2) is 30.2 Å². The van der Waals surface area contributed by atoms with Gasteiger partial charge < -0.3 is 9.64 Å². The Balaban J connectivity index is 1.46. The lowest BCUT2D eigenvalue weighted by molar-refractivity contribution is -0.121. The molecule has 0 heterocycles. The standard InChI is InChI=1S/C25H29F2NO3/c1-18-15-23(31-25-11-7-21(26)16-24(25)27)10-6-20(18)3-2-13-28(17-29)14-12-19-4-8-22(30)9-5-19/h6-7,10-11,15-17,19H,2-5,8-9,12-14H2,1H3. The lowest BCUT2D eigenvalue weighted by Gasteiger charge is -2.24. The van der Waals surface area contributed by atoms with Gasteiger partial charge in [0.05, 0.1) is 0 Å². The SMILES string of the molecule is Cc1cc(Oc2ccc(F)cc2F)ccc1CCCN(C=O)CCC1CCC(=O)CC1. The molecule has 0 atom stereocenters. The van der Waals surface area contributed by atoms with E-state index in [2.05, 4.69) is 0 Å². The summed E-state index contributed by atoms with van der Waals surface area (Å²) in [5.74, 6) is -0.00573. The molecule has 1 aliphatic carbocycles. The number of hydrogen-bond acceptors (Lipinski definition) is 3. The average molecular weight is 430 g/mol. The maximum Gasteiger partial charge on any atom is 0.209 e. The van der Waals surface area contributed by atoms with Crippen molar-refractivity contribution in [3.05, 3.63) is 59.2 Å². The molecule has 2 aromatic rings. The molecule has 0 aromatic heterocycles. The molecule has 31 heavy (non-hydrogen) atoms. The van der Waals surface area contributed by atoms with Crippen LogP contribution in [0.3, 0.4) is 0 Å². The summed E-state index contributed by atoms with van der Waals surface area (Å²) in [6.45, 7) is 3.38. The van der Waals surface area contributed by atoms with Gasteiger partial charge in [-0.2, -0.15) is 0 Å². The zero-order chi connectivity index (χ0) is 22.2. The Hall–Kier alpha value is -2.76. The molecule has 3 rings (SSSR count). The van der Waals surface area contributed by atoms with Crippen molar-refractivity contribution in [1.82, 2.24) is 4.90 Å². The minimum absolute atomic E-state index is 0.0162. The summed E-state index contributed by atoms with van der Waals surface area (Å²) in [6, 6.07) is 8.77. The second kappa shape index (κ2) is 11.0. The molecule has 1 fully saturated rings. The van der Waals surface area contributed by atoms with E-state index >= 15 is 0 Å². The lowest BCUT2D eigenvalue weighted by atomic mass is 9.86. The Labute approximate surface area is 182 Å². The van der Waals surface area contributed by atoms with Crippen LogP contribution in [0.25, 0.3) is 0 Å². The van der Waals surface area contributed by atoms with Crippen molar-refractivity contribution in [1.29, 1.82) is 0 Å². The van der Waals surface area contributed by atoms with E-state index in [-0.39, 0.29) is 5.75 Å². The molecule has 0 radical (unpaired) electrons. The normalized spacial score (nSPS) is 14.5. The number of amides is 1. The van der Waals surface area contributed by atoms with Crippen LogP contribution in [0.4, 0.5) is 8.78 Å². The zero-order valence-electron chi connectivity index (χ0n) is 17.9. The summed E-state index contributed by atoms with van der Waals surface area (Å²) in [4.78, 5) is 24.6. The third-order valence-corrected chi connectivity index (χ3v) is 5.96. The Morgan fingerprint density at radius 1 is 1.10 bits per heavy atom. The summed E-state index contributed by atoms with van der Waals surface area (Å²) in [5.41, 5.74) is 2.16. The van der Waals surface area contributed by atoms with Gasteiger partial charge in [0, 0.05) is 32.0 Å². The van der Waals surface area contributed by atoms with Crippen LogP contribution in [0.5, 0.6) is 11.5 Å². The topological polar surface area (TPSA) is 46.6 Å². The first-order chi connectivity index (χ1) is 14.9. The number of nitrogens with zero attached hydrogens (tertiary/aromatic N) is 1. The fourth-order valence-corrected chi connectivity index (χ4v) is 4.02. The number of aryl methyl sites for hydroxylation is 2. The monoisotopic (exact) mass is 429 g/mol. The van der Waals surface area contributed by atoms with E-state index < -0.39 is 11.6 Å². The summed E-state index contributed by atoms with van der Waals surface area (Å²) in [6.07, 6.45) is 6.78. The number of halogens is 2. The van der Waals surface area contributed by atoms with Gasteiger partial charge >= 0.3 is 0 Å². The van der Waals surface area contributed by atoms with Crippen molar-refractivity contribution in [2.45, 2.75) is 51.9 Å². The van der Waals surface area contributed by atoms with Gasteiger partial charge in [0.25, 0.3) is 0 Å². The van der Waals surface area contributed by atoms with E-state index in [4.69, 9.17) is 4.74 Å². The van der Waals surface area contributed by atoms with Crippen molar-refractivity contribution < 1.29 is 23.1 Å². The fourth-order valence-electron chi connectivity index (χ4n) is 4.02. The molecule has 1 amide bonds. The minimum Gasteiger partial charge on any atom is -0.454 e. The molecule has 6 heteroatoms. The van der Waals surface area contributed by atoms with Gasteiger partial charge in [0.1, 0.15) is 17.3 Å². The van der Waals surface area contributed by atoms with Crippen molar-refractivity contribution in [2.24, 2.45) is 5.92 Å². The Morgan fingerprint density at radius 2 is 1.87 bits per heavy atom. The summed E-state index contributed by atoms with van der Waals surface area (Å²) < 4.78 is 32.3. The van der Waals surface area contributed by atoms with Crippen molar-refractivity contribution in [2.75, 3.05) is 13.1 Å². The maximum atomic E-state index is 13.8. The highest BCUT2D eigenvalue weighted by Gasteiger charge is 2.19. The van der Waals surface area contributed by atoms with Crippen LogP contribution in [-0.2, 0) is 16.0 Å². The molecule has 0 aliphatic heterocycles. The van der Waals surface area contributed by atoms with Gasteiger partial charge in [-0.05, 0) is 80.3 Å². The van der Waals surface area contributed by atoms with E-state index in [1.54, 1.807) is 6.07 Å². The third-order valence-electron chi connectivity index (χ3n) is 5.96. The first-order valence-corrected chi connectivity index (χ1v) is 10.9. The van der Waals surface area contributed by atoms with Gasteiger partial charge in [-0.1, -0.05) is 6.07 Å². The Bertz CT molecular complexity index is 906. The lowest BCUT2D eigenvalue weighted by Crippen LogP contribution is -2.27. The number of rotatable bonds is 10. The second-order valence-corrected chi connectivity index (χ2v) is 8.28. The highest BCUT2D eigenvalue weighted by atomic mass is 19.1. The van der Waals surface area contributed by atoms with Gasteiger partial charge in [-0.25, -0.2) is 8.78 Å². The number of carbonyl (C=O) groups is 2. The van der Waals surface area contributed by atoms with Crippen LogP contribution in [0.2, 0.25) is 0 Å².